The van der Waals surface area contributed by atoms with Crippen LogP contribution in [0.4, 0.5) is 5.82 Å². The molecule has 0 spiro atoms. The maximum atomic E-state index is 11.8. The lowest BCUT2D eigenvalue weighted by Crippen LogP contribution is -2.12. The third kappa shape index (κ3) is 1.93. The molecule has 2 N–H and O–H groups in total. The van der Waals surface area contributed by atoms with Crippen LogP contribution in [0.1, 0.15) is 33.5 Å². The van der Waals surface area contributed by atoms with Crippen LogP contribution >= 0.6 is 11.8 Å². The van der Waals surface area contributed by atoms with E-state index >= 15 is 0 Å². The van der Waals surface area contributed by atoms with Gasteiger partial charge in [0.1, 0.15) is 0 Å². The highest BCUT2D eigenvalue weighted by Gasteiger charge is 2.31. The smallest absolute Gasteiger partial charge is 0.235 e. The fraction of sp³-hybridized carbons (Fsp3) is 0.462. The van der Waals surface area contributed by atoms with E-state index in [0.717, 1.165) is 22.6 Å². The Morgan fingerprint density at radius 3 is 2.70 bits per heavy atom. The molecule has 1 aliphatic heterocycles. The molecule has 6 nitrogen and oxygen atoms in total. The summed E-state index contributed by atoms with van der Waals surface area (Å²) in [5.74, 6) is 1.06. The second kappa shape index (κ2) is 4.66. The highest BCUT2D eigenvalue weighted by atomic mass is 32.2. The number of carbonyl (C=O) groups excluding carboxylic acids is 1. The number of amides is 1. The van der Waals surface area contributed by atoms with Crippen molar-refractivity contribution in [2.24, 2.45) is 7.05 Å². The predicted molar refractivity (Wildman–Crippen MR) is 78.9 cm³/mol. The maximum absolute atomic E-state index is 11.8. The molecular formula is C13H17N5OS. The van der Waals surface area contributed by atoms with Gasteiger partial charge in [-0.25, -0.2) is 0 Å². The SMILES string of the molecule is Cc1nn(C)c(C)c1[C@@H]1SCC(=O)Nc2n[nH]c(C)c21. The molecule has 0 aromatic carbocycles. The molecule has 3 heterocycles. The van der Waals surface area contributed by atoms with Crippen LogP contribution in [0.25, 0.3) is 0 Å². The lowest BCUT2D eigenvalue weighted by atomic mass is 10.0. The number of H-pyrrole nitrogens is 1. The molecule has 2 aromatic rings. The second-order valence-electron chi connectivity index (χ2n) is 5.06. The number of thioether (sulfide) groups is 1. The normalized spacial score (nSPS) is 18.6. The molecule has 1 atom stereocenters. The van der Waals surface area contributed by atoms with Crippen molar-refractivity contribution >= 4 is 23.5 Å². The second-order valence-corrected chi connectivity index (χ2v) is 6.15. The van der Waals surface area contributed by atoms with Crippen molar-refractivity contribution in [2.45, 2.75) is 26.0 Å². The number of fused-ring (bicyclic) bond motifs is 1. The summed E-state index contributed by atoms with van der Waals surface area (Å²) >= 11 is 1.62. The number of aromatic amines is 1. The van der Waals surface area contributed by atoms with Gasteiger partial charge in [0.2, 0.25) is 5.91 Å². The van der Waals surface area contributed by atoms with Gasteiger partial charge in [0.05, 0.1) is 16.7 Å². The van der Waals surface area contributed by atoms with Crippen LogP contribution in [0.15, 0.2) is 0 Å². The first-order valence-corrected chi connectivity index (χ1v) is 7.50. The Morgan fingerprint density at radius 2 is 2.05 bits per heavy atom. The number of aryl methyl sites for hydroxylation is 3. The number of hydrogen-bond donors (Lipinski definition) is 2. The van der Waals surface area contributed by atoms with E-state index in [1.54, 1.807) is 11.8 Å². The van der Waals surface area contributed by atoms with Crippen LogP contribution in [-0.4, -0.2) is 31.6 Å². The third-order valence-electron chi connectivity index (χ3n) is 3.72. The van der Waals surface area contributed by atoms with Crippen LogP contribution in [-0.2, 0) is 11.8 Å². The number of hydrogen-bond acceptors (Lipinski definition) is 4. The fourth-order valence-corrected chi connectivity index (χ4v) is 4.01. The summed E-state index contributed by atoms with van der Waals surface area (Å²) in [6, 6.07) is 0. The highest BCUT2D eigenvalue weighted by molar-refractivity contribution is 8.00. The van der Waals surface area contributed by atoms with Gasteiger partial charge in [-0.05, 0) is 20.8 Å². The van der Waals surface area contributed by atoms with Crippen LogP contribution in [0.5, 0.6) is 0 Å². The van der Waals surface area contributed by atoms with E-state index in [2.05, 4.69) is 27.5 Å². The van der Waals surface area contributed by atoms with E-state index < -0.39 is 0 Å². The minimum atomic E-state index is -0.00977. The molecule has 0 bridgehead atoms. The number of anilines is 1. The summed E-state index contributed by atoms with van der Waals surface area (Å²) in [6.07, 6.45) is 0. The van der Waals surface area contributed by atoms with Crippen LogP contribution in [0.2, 0.25) is 0 Å². The van der Waals surface area contributed by atoms with E-state index in [1.165, 1.54) is 5.56 Å². The number of nitrogens with zero attached hydrogens (tertiary/aromatic N) is 3. The van der Waals surface area contributed by atoms with Crippen LogP contribution in [0.3, 0.4) is 0 Å². The van der Waals surface area contributed by atoms with Crippen molar-refractivity contribution in [1.82, 2.24) is 20.0 Å². The zero-order valence-electron chi connectivity index (χ0n) is 11.9. The molecule has 106 valence electrons. The Morgan fingerprint density at radius 1 is 1.30 bits per heavy atom. The average molecular weight is 291 g/mol. The fourth-order valence-electron chi connectivity index (χ4n) is 2.66. The first kappa shape index (κ1) is 13.2. The van der Waals surface area contributed by atoms with Crippen molar-refractivity contribution in [1.29, 1.82) is 0 Å². The third-order valence-corrected chi connectivity index (χ3v) is 4.96. The molecule has 0 saturated carbocycles. The van der Waals surface area contributed by atoms with E-state index in [0.29, 0.717) is 11.6 Å². The minimum Gasteiger partial charge on any atom is -0.308 e. The monoisotopic (exact) mass is 291 g/mol. The van der Waals surface area contributed by atoms with Gasteiger partial charge >= 0.3 is 0 Å². The highest BCUT2D eigenvalue weighted by Crippen LogP contribution is 2.44. The van der Waals surface area contributed by atoms with Crippen LogP contribution in [0, 0.1) is 20.8 Å². The Hall–Kier alpha value is -1.76. The Balaban J connectivity index is 2.18. The van der Waals surface area contributed by atoms with Crippen molar-refractivity contribution in [3.63, 3.8) is 0 Å². The standard InChI is InChI=1S/C13H17N5OS/c1-6-11-12(10-7(2)17-18(4)8(10)3)20-5-9(19)14-13(11)16-15-6/h12H,5H2,1-4H3,(H2,14,15,16,19)/t12-/m0/s1. The average Bonchev–Trinajstić information content (AvgIpc) is 2.78. The summed E-state index contributed by atoms with van der Waals surface area (Å²) in [6.45, 7) is 6.06. The number of aromatic nitrogens is 4. The lowest BCUT2D eigenvalue weighted by molar-refractivity contribution is -0.113. The minimum absolute atomic E-state index is 0.00977. The van der Waals surface area contributed by atoms with E-state index in [9.17, 15) is 4.79 Å². The Bertz CT molecular complexity index is 687. The zero-order chi connectivity index (χ0) is 14.4. The van der Waals surface area contributed by atoms with Gasteiger partial charge < -0.3 is 5.32 Å². The Labute approximate surface area is 121 Å². The molecule has 0 fully saturated rings. The number of rotatable bonds is 1. The quantitative estimate of drug-likeness (QED) is 0.840. The van der Waals surface area contributed by atoms with Gasteiger partial charge in [0.25, 0.3) is 0 Å². The molecule has 3 rings (SSSR count). The maximum Gasteiger partial charge on any atom is 0.235 e. The van der Waals surface area contributed by atoms with Gasteiger partial charge in [0.15, 0.2) is 5.82 Å². The summed E-state index contributed by atoms with van der Waals surface area (Å²) in [5, 5.41) is 14.6. The number of carbonyl (C=O) groups is 1. The Kier molecular flexibility index (Phi) is 3.08. The molecule has 2 aromatic heterocycles. The molecule has 7 heteroatoms. The summed E-state index contributed by atoms with van der Waals surface area (Å²) < 4.78 is 1.89. The molecule has 0 saturated heterocycles. The molecule has 0 aliphatic carbocycles. The molecular weight excluding hydrogens is 274 g/mol. The molecule has 1 aliphatic rings. The van der Waals surface area contributed by atoms with Crippen molar-refractivity contribution < 1.29 is 4.79 Å². The van der Waals surface area contributed by atoms with Crippen molar-refractivity contribution in [3.05, 3.63) is 28.2 Å². The van der Waals surface area contributed by atoms with Gasteiger partial charge in [-0.2, -0.15) is 10.2 Å². The van der Waals surface area contributed by atoms with Gasteiger partial charge in [0, 0.05) is 29.6 Å². The lowest BCUT2D eigenvalue weighted by Gasteiger charge is -2.15. The van der Waals surface area contributed by atoms with E-state index in [4.69, 9.17) is 0 Å². The topological polar surface area (TPSA) is 75.6 Å². The van der Waals surface area contributed by atoms with E-state index in [1.807, 2.05) is 25.6 Å². The largest absolute Gasteiger partial charge is 0.308 e. The van der Waals surface area contributed by atoms with Crippen LogP contribution < -0.4 is 5.32 Å². The number of nitrogens with one attached hydrogen (secondary N) is 2. The summed E-state index contributed by atoms with van der Waals surface area (Å²) in [7, 11) is 1.94. The molecule has 0 radical (unpaired) electrons. The van der Waals surface area contributed by atoms with E-state index in [-0.39, 0.29) is 11.2 Å². The zero-order valence-corrected chi connectivity index (χ0v) is 12.8. The van der Waals surface area contributed by atoms with Crippen molar-refractivity contribution in [2.75, 3.05) is 11.1 Å². The molecule has 20 heavy (non-hydrogen) atoms. The summed E-state index contributed by atoms with van der Waals surface area (Å²) in [5.41, 5.74) is 5.35. The molecule has 0 unspecified atom stereocenters. The first-order chi connectivity index (χ1) is 9.49. The molecule has 1 amide bonds. The first-order valence-electron chi connectivity index (χ1n) is 6.45. The van der Waals surface area contributed by atoms with Gasteiger partial charge in [-0.15, -0.1) is 11.8 Å². The van der Waals surface area contributed by atoms with Crippen molar-refractivity contribution in [3.8, 4) is 0 Å². The predicted octanol–water partition coefficient (Wildman–Crippen LogP) is 1.84. The van der Waals surface area contributed by atoms with Gasteiger partial charge in [-0.3, -0.25) is 14.6 Å². The van der Waals surface area contributed by atoms with Gasteiger partial charge in [-0.1, -0.05) is 0 Å². The summed E-state index contributed by atoms with van der Waals surface area (Å²) in [4.78, 5) is 11.8.